The number of alkyl carbamates (subject to hydrolysis) is 1. The Morgan fingerprint density at radius 1 is 1.00 bits per heavy atom. The maximum Gasteiger partial charge on any atom is 0.417 e. The Kier molecular flexibility index (Phi) is 8.00. The zero-order chi connectivity index (χ0) is 25.8. The Morgan fingerprint density at radius 3 is 2.03 bits per heavy atom. The van der Waals surface area contributed by atoms with Crippen molar-refractivity contribution in [3.05, 3.63) is 59.7 Å². The summed E-state index contributed by atoms with van der Waals surface area (Å²) in [5, 5.41) is 12.6. The molecule has 2 unspecified atom stereocenters. The highest BCUT2D eigenvalue weighted by atomic mass is 19.4. The fraction of sp³-hybridized carbons (Fsp3) is 0.375. The van der Waals surface area contributed by atoms with Gasteiger partial charge in [-0.2, -0.15) is 13.2 Å². The molecule has 35 heavy (non-hydrogen) atoms. The molecule has 188 valence electrons. The van der Waals surface area contributed by atoms with Crippen molar-refractivity contribution in [3.63, 3.8) is 0 Å². The largest absolute Gasteiger partial charge is 0.480 e. The van der Waals surface area contributed by atoms with Gasteiger partial charge in [-0.15, -0.1) is 0 Å². The second kappa shape index (κ2) is 10.8. The molecule has 0 spiro atoms. The molecule has 2 aromatic rings. The number of nitrogens with zero attached hydrogens (tertiary/aromatic N) is 1. The number of carbonyl (C=O) groups is 3. The predicted molar refractivity (Wildman–Crippen MR) is 121 cm³/mol. The fourth-order valence-corrected chi connectivity index (χ4v) is 3.95. The maximum absolute atomic E-state index is 13.5. The van der Waals surface area contributed by atoms with Gasteiger partial charge in [-0.25, -0.2) is 9.59 Å². The zero-order valence-electron chi connectivity index (χ0n) is 19.1. The number of aliphatic carboxylic acids is 1. The molecule has 2 amide bonds. The fourth-order valence-electron chi connectivity index (χ4n) is 3.95. The van der Waals surface area contributed by atoms with E-state index >= 15 is 0 Å². The van der Waals surface area contributed by atoms with Gasteiger partial charge >= 0.3 is 18.2 Å². The summed E-state index contributed by atoms with van der Waals surface area (Å²) in [6.07, 6.45) is -6.73. The van der Waals surface area contributed by atoms with Crippen LogP contribution in [-0.2, 0) is 14.3 Å². The Morgan fingerprint density at radius 2 is 1.54 bits per heavy atom. The number of ether oxygens (including phenoxy) is 1. The van der Waals surface area contributed by atoms with E-state index in [2.05, 4.69) is 0 Å². The highest BCUT2D eigenvalue weighted by Crippen LogP contribution is 2.44. The summed E-state index contributed by atoms with van der Waals surface area (Å²) in [4.78, 5) is 37.6. The summed E-state index contributed by atoms with van der Waals surface area (Å²) < 4.78 is 45.7. The van der Waals surface area contributed by atoms with Crippen molar-refractivity contribution < 1.29 is 37.4 Å². The molecule has 3 rings (SSSR count). The Hall–Kier alpha value is -3.60. The number of alkyl halides is 3. The first-order valence-electron chi connectivity index (χ1n) is 10.8. The van der Waals surface area contributed by atoms with E-state index in [1.807, 2.05) is 53.8 Å². The number of amides is 2. The third-order valence-corrected chi connectivity index (χ3v) is 5.67. The lowest BCUT2D eigenvalue weighted by atomic mass is 9.98. The Labute approximate surface area is 200 Å². The summed E-state index contributed by atoms with van der Waals surface area (Å²) in [5.41, 5.74) is 3.64. The van der Waals surface area contributed by atoms with Gasteiger partial charge in [-0.1, -0.05) is 48.5 Å². The third kappa shape index (κ3) is 6.30. The number of carboxylic acids is 1. The van der Waals surface area contributed by atoms with Crippen molar-refractivity contribution in [1.82, 2.24) is 15.5 Å². The number of nitrogens with one attached hydrogen (secondary N) is 2. The van der Waals surface area contributed by atoms with Crippen molar-refractivity contribution in [2.75, 3.05) is 27.2 Å². The second-order valence-electron chi connectivity index (χ2n) is 8.44. The number of benzene rings is 2. The molecule has 0 heterocycles. The van der Waals surface area contributed by atoms with E-state index in [9.17, 15) is 32.7 Å². The molecule has 11 heteroatoms. The van der Waals surface area contributed by atoms with Crippen LogP contribution in [0.3, 0.4) is 0 Å². The number of carbonyl (C=O) groups excluding carboxylic acids is 2. The Bertz CT molecular complexity index is 1040. The molecule has 0 aromatic heterocycles. The predicted octanol–water partition coefficient (Wildman–Crippen LogP) is 2.98. The van der Waals surface area contributed by atoms with E-state index in [0.717, 1.165) is 22.3 Å². The summed E-state index contributed by atoms with van der Waals surface area (Å²) in [5.74, 6) is -3.55. The second-order valence-corrected chi connectivity index (χ2v) is 8.44. The van der Waals surface area contributed by atoms with Crippen LogP contribution in [0.15, 0.2) is 48.5 Å². The van der Waals surface area contributed by atoms with Gasteiger partial charge in [0.25, 0.3) is 5.91 Å². The van der Waals surface area contributed by atoms with Crippen molar-refractivity contribution >= 4 is 18.0 Å². The molecule has 1 aliphatic rings. The first-order valence-corrected chi connectivity index (χ1v) is 10.8. The van der Waals surface area contributed by atoms with Gasteiger partial charge in [0.2, 0.25) is 6.04 Å². The first kappa shape index (κ1) is 26.0. The molecule has 2 aromatic carbocycles. The van der Waals surface area contributed by atoms with E-state index in [1.54, 1.807) is 19.0 Å². The molecule has 1 aliphatic carbocycles. The SMILES string of the molecule is CN(C)CCC(NC(=O)C(NC(=O)OCC1c2ccccc2-c2ccccc21)C(F)(F)F)C(=O)O. The van der Waals surface area contributed by atoms with E-state index in [0.29, 0.717) is 0 Å². The highest BCUT2D eigenvalue weighted by Gasteiger charge is 2.47. The number of fused-ring (bicyclic) bond motifs is 3. The van der Waals surface area contributed by atoms with Gasteiger partial charge in [0.15, 0.2) is 0 Å². The van der Waals surface area contributed by atoms with Crippen molar-refractivity contribution in [1.29, 1.82) is 0 Å². The molecular formula is C24H26F3N3O5. The standard InChI is InChI=1S/C24H26F3N3O5/c1-30(2)12-11-19(22(32)33)28-21(31)20(24(25,26)27)29-23(34)35-13-18-16-9-5-3-7-14(16)15-8-4-6-10-17(15)18/h3-10,18-20H,11-13H2,1-2H3,(H,28,31)(H,29,34)(H,32,33). The van der Waals surface area contributed by atoms with Crippen LogP contribution in [0.2, 0.25) is 0 Å². The maximum atomic E-state index is 13.5. The molecule has 0 saturated heterocycles. The lowest BCUT2D eigenvalue weighted by Crippen LogP contribution is -2.58. The molecule has 3 N–H and O–H groups in total. The highest BCUT2D eigenvalue weighted by molar-refractivity contribution is 5.90. The summed E-state index contributed by atoms with van der Waals surface area (Å²) in [7, 11) is 3.30. The number of rotatable bonds is 9. The molecule has 2 atom stereocenters. The van der Waals surface area contributed by atoms with Crippen LogP contribution in [0.5, 0.6) is 0 Å². The molecule has 0 bridgehead atoms. The van der Waals surface area contributed by atoms with Crippen LogP contribution in [0, 0.1) is 0 Å². The van der Waals surface area contributed by atoms with Crippen LogP contribution < -0.4 is 10.6 Å². The van der Waals surface area contributed by atoms with Crippen LogP contribution >= 0.6 is 0 Å². The zero-order valence-corrected chi connectivity index (χ0v) is 19.1. The summed E-state index contributed by atoms with van der Waals surface area (Å²) in [6.45, 7) is -0.0274. The topological polar surface area (TPSA) is 108 Å². The molecule has 8 nitrogen and oxygen atoms in total. The van der Waals surface area contributed by atoms with Crippen molar-refractivity contribution in [2.24, 2.45) is 0 Å². The van der Waals surface area contributed by atoms with Crippen LogP contribution in [0.4, 0.5) is 18.0 Å². The van der Waals surface area contributed by atoms with Gasteiger partial charge in [-0.05, 0) is 42.8 Å². The summed E-state index contributed by atoms with van der Waals surface area (Å²) in [6, 6.07) is 10.4. The minimum Gasteiger partial charge on any atom is -0.480 e. The average molecular weight is 493 g/mol. The van der Waals surface area contributed by atoms with E-state index < -0.39 is 36.2 Å². The van der Waals surface area contributed by atoms with Crippen molar-refractivity contribution in [2.45, 2.75) is 30.6 Å². The number of carboxylic acid groups (broad SMARTS) is 1. The normalized spacial score (nSPS) is 14.6. The number of hydrogen-bond donors (Lipinski definition) is 3. The summed E-state index contributed by atoms with van der Waals surface area (Å²) >= 11 is 0. The van der Waals surface area contributed by atoms with Gasteiger partial charge in [0.05, 0.1) is 0 Å². The van der Waals surface area contributed by atoms with Gasteiger partial charge in [0, 0.05) is 12.5 Å². The quantitative estimate of drug-likeness (QED) is 0.496. The number of halogens is 3. The lowest BCUT2D eigenvalue weighted by Gasteiger charge is -2.24. The molecule has 0 saturated carbocycles. The van der Waals surface area contributed by atoms with Crippen LogP contribution in [0.25, 0.3) is 11.1 Å². The average Bonchev–Trinajstić information content (AvgIpc) is 3.11. The molecular weight excluding hydrogens is 467 g/mol. The van der Waals surface area contributed by atoms with Gasteiger partial charge in [-0.3, -0.25) is 4.79 Å². The van der Waals surface area contributed by atoms with Crippen LogP contribution in [0.1, 0.15) is 23.5 Å². The van der Waals surface area contributed by atoms with E-state index in [4.69, 9.17) is 4.74 Å². The molecule has 0 fully saturated rings. The third-order valence-electron chi connectivity index (χ3n) is 5.67. The van der Waals surface area contributed by atoms with E-state index in [1.165, 1.54) is 5.32 Å². The van der Waals surface area contributed by atoms with Gasteiger partial charge < -0.3 is 25.4 Å². The lowest BCUT2D eigenvalue weighted by molar-refractivity contribution is -0.169. The van der Waals surface area contributed by atoms with Gasteiger partial charge in [0.1, 0.15) is 12.6 Å². The molecule has 0 radical (unpaired) electrons. The molecule has 0 aliphatic heterocycles. The number of hydrogen-bond acceptors (Lipinski definition) is 5. The minimum absolute atomic E-state index is 0.121. The minimum atomic E-state index is -5.17. The monoisotopic (exact) mass is 493 g/mol. The van der Waals surface area contributed by atoms with Crippen molar-refractivity contribution in [3.8, 4) is 11.1 Å². The van der Waals surface area contributed by atoms with Crippen LogP contribution in [-0.4, -0.2) is 73.5 Å². The smallest absolute Gasteiger partial charge is 0.417 e. The van der Waals surface area contributed by atoms with E-state index in [-0.39, 0.29) is 25.5 Å². The Balaban J connectivity index is 1.67. The first-order chi connectivity index (χ1) is 16.5.